The van der Waals surface area contributed by atoms with Crippen LogP contribution in [0.5, 0.6) is 5.75 Å². The van der Waals surface area contributed by atoms with Gasteiger partial charge in [-0.05, 0) is 61.8 Å². The molecule has 0 aliphatic carbocycles. The fourth-order valence-corrected chi connectivity index (χ4v) is 4.19. The molecule has 6 nitrogen and oxygen atoms in total. The van der Waals surface area contributed by atoms with Gasteiger partial charge in [0.1, 0.15) is 18.4 Å². The van der Waals surface area contributed by atoms with Crippen molar-refractivity contribution in [2.75, 3.05) is 13.0 Å². The molecule has 3 heterocycles. The van der Waals surface area contributed by atoms with E-state index in [1.807, 2.05) is 0 Å². The van der Waals surface area contributed by atoms with Crippen LogP contribution < -0.4 is 10.1 Å². The normalized spacial score (nSPS) is 33.3. The zero-order valence-electron chi connectivity index (χ0n) is 28.0. The van der Waals surface area contributed by atoms with Crippen LogP contribution in [0, 0.1) is 0 Å². The molecule has 2 aromatic rings. The monoisotopic (exact) mass is 455 g/mol. The fraction of sp³-hybridized carbons (Fsp3) is 0.407. The Morgan fingerprint density at radius 3 is 2.58 bits per heavy atom. The van der Waals surface area contributed by atoms with E-state index in [1.54, 1.807) is 42.5 Å². The Hall–Kier alpha value is -3.12. The summed E-state index contributed by atoms with van der Waals surface area (Å²) in [6.07, 6.45) is -9.13. The number of fused-ring (bicyclic) bond motifs is 1. The topological polar surface area (TPSA) is 61.9 Å². The van der Waals surface area contributed by atoms with Gasteiger partial charge in [0.2, 0.25) is 5.91 Å². The standard InChI is InChI=1S/C27H31N3O3/c1-19-8-13-24(26(31)28-19)30-17-23-22(27(30)32)6-5-7-25(23)33-18-21-11-9-20(10-12-21)16-29-14-3-2-4-15-29/h5-7,9-12,24H,1-4,8,13-18H2,(H,28,31)/i2D2,3D2,4D2,14D2,15D2. The van der Waals surface area contributed by atoms with Crippen LogP contribution in [0.25, 0.3) is 0 Å². The van der Waals surface area contributed by atoms with Gasteiger partial charge in [0.05, 0.1) is 6.54 Å². The highest BCUT2D eigenvalue weighted by Gasteiger charge is 2.39. The second kappa shape index (κ2) is 9.40. The van der Waals surface area contributed by atoms with E-state index < -0.39 is 44.7 Å². The van der Waals surface area contributed by atoms with Crippen molar-refractivity contribution in [3.63, 3.8) is 0 Å². The Morgan fingerprint density at radius 1 is 1.06 bits per heavy atom. The molecule has 5 rings (SSSR count). The van der Waals surface area contributed by atoms with Crippen LogP contribution in [0.4, 0.5) is 0 Å². The molecule has 1 atom stereocenters. The van der Waals surface area contributed by atoms with E-state index in [9.17, 15) is 9.59 Å². The number of ether oxygens (including phenoxy) is 1. The van der Waals surface area contributed by atoms with Gasteiger partial charge in [-0.2, -0.15) is 0 Å². The summed E-state index contributed by atoms with van der Waals surface area (Å²) in [5.74, 6) is -0.0418. The van der Waals surface area contributed by atoms with Crippen LogP contribution in [0.1, 0.15) is 72.7 Å². The SMILES string of the molecule is [2H]C1([2H])N(Cc2ccc(COc3cccc4c3CN(C3CCC(=C)NC3=O)C4=O)cc2)C([2H])([2H])C([2H])([2H])C([2H])([2H])C1([2H])[2H]. The van der Waals surface area contributed by atoms with Gasteiger partial charge < -0.3 is 15.0 Å². The molecule has 1 N–H and O–H groups in total. The molecule has 2 fully saturated rings. The third kappa shape index (κ3) is 4.67. The molecular weight excluding hydrogens is 414 g/mol. The largest absolute Gasteiger partial charge is 0.489 e. The zero-order chi connectivity index (χ0) is 31.8. The highest BCUT2D eigenvalue weighted by Crippen LogP contribution is 2.34. The molecule has 1 unspecified atom stereocenters. The molecule has 2 saturated heterocycles. The van der Waals surface area contributed by atoms with Gasteiger partial charge in [-0.15, -0.1) is 0 Å². The summed E-state index contributed by atoms with van der Waals surface area (Å²) < 4.78 is 87.5. The lowest BCUT2D eigenvalue weighted by Gasteiger charge is -2.31. The quantitative estimate of drug-likeness (QED) is 0.715. The number of likely N-dealkylation sites (tertiary alicyclic amines) is 1. The van der Waals surface area contributed by atoms with Crippen molar-refractivity contribution in [2.24, 2.45) is 0 Å². The summed E-state index contributed by atoms with van der Waals surface area (Å²) in [7, 11) is 0. The Labute approximate surface area is 209 Å². The molecule has 2 aromatic carbocycles. The van der Waals surface area contributed by atoms with Gasteiger partial charge >= 0.3 is 0 Å². The summed E-state index contributed by atoms with van der Waals surface area (Å²) in [4.78, 5) is 27.5. The molecule has 172 valence electrons. The molecule has 2 amide bonds. The van der Waals surface area contributed by atoms with E-state index in [-0.39, 0.29) is 25.0 Å². The molecule has 0 spiro atoms. The van der Waals surface area contributed by atoms with Crippen LogP contribution >= 0.6 is 0 Å². The van der Waals surface area contributed by atoms with Gasteiger partial charge in [-0.1, -0.05) is 43.3 Å². The smallest absolute Gasteiger partial charge is 0.255 e. The number of carbonyl (C=O) groups excluding carboxylic acids is 2. The van der Waals surface area contributed by atoms with E-state index in [0.717, 1.165) is 0 Å². The summed E-state index contributed by atoms with van der Waals surface area (Å²) >= 11 is 0. The van der Waals surface area contributed by atoms with Gasteiger partial charge in [-0.25, -0.2) is 0 Å². The van der Waals surface area contributed by atoms with Crippen molar-refractivity contribution in [1.29, 1.82) is 0 Å². The molecule has 0 aromatic heterocycles. The van der Waals surface area contributed by atoms with Crippen molar-refractivity contribution in [3.8, 4) is 5.75 Å². The van der Waals surface area contributed by atoms with Crippen LogP contribution in [0.2, 0.25) is 0 Å². The second-order valence-electron chi connectivity index (χ2n) is 8.15. The molecule has 33 heavy (non-hydrogen) atoms. The Bertz CT molecular complexity index is 1450. The first-order valence-corrected chi connectivity index (χ1v) is 10.7. The van der Waals surface area contributed by atoms with Crippen molar-refractivity contribution in [1.82, 2.24) is 15.1 Å². The number of carbonyl (C=O) groups is 2. The third-order valence-corrected chi connectivity index (χ3v) is 5.92. The highest BCUT2D eigenvalue weighted by molar-refractivity contribution is 6.02. The molecule has 6 heteroatoms. The number of allylic oxidation sites excluding steroid dienone is 1. The molecule has 0 saturated carbocycles. The Balaban J connectivity index is 1.30. The van der Waals surface area contributed by atoms with Gasteiger partial charge in [-0.3, -0.25) is 14.5 Å². The highest BCUT2D eigenvalue weighted by atomic mass is 16.5. The van der Waals surface area contributed by atoms with Crippen LogP contribution in [0.3, 0.4) is 0 Å². The minimum atomic E-state index is -3.46. The number of rotatable bonds is 6. The summed E-state index contributed by atoms with van der Waals surface area (Å²) in [6, 6.07) is 10.9. The minimum Gasteiger partial charge on any atom is -0.489 e. The van der Waals surface area contributed by atoms with E-state index >= 15 is 0 Å². The molecular formula is C27H31N3O3. The Kier molecular flexibility index (Phi) is 3.69. The first-order chi connectivity index (χ1) is 19.8. The second-order valence-corrected chi connectivity index (χ2v) is 8.15. The average molecular weight is 456 g/mol. The number of nitrogens with zero attached hydrogens (tertiary/aromatic N) is 2. The summed E-state index contributed by atoms with van der Waals surface area (Å²) in [5, 5.41) is 2.71. The lowest BCUT2D eigenvalue weighted by molar-refractivity contribution is -0.126. The Morgan fingerprint density at radius 2 is 1.82 bits per heavy atom. The molecule has 3 aliphatic rings. The van der Waals surface area contributed by atoms with Gasteiger partial charge in [0.25, 0.3) is 5.91 Å². The lowest BCUT2D eigenvalue weighted by Crippen LogP contribution is -2.49. The predicted octanol–water partition coefficient (Wildman–Crippen LogP) is 4.00. The van der Waals surface area contributed by atoms with Gasteiger partial charge in [0.15, 0.2) is 0 Å². The van der Waals surface area contributed by atoms with E-state index in [2.05, 4.69) is 11.9 Å². The first-order valence-electron chi connectivity index (χ1n) is 15.7. The number of piperidine rings is 2. The number of benzene rings is 2. The van der Waals surface area contributed by atoms with Crippen molar-refractivity contribution < 1.29 is 28.0 Å². The number of hydrogen-bond donors (Lipinski definition) is 1. The lowest BCUT2D eigenvalue weighted by atomic mass is 10.0. The van der Waals surface area contributed by atoms with Crippen molar-refractivity contribution in [3.05, 3.63) is 77.0 Å². The average Bonchev–Trinajstić information content (AvgIpc) is 3.26. The summed E-state index contributed by atoms with van der Waals surface area (Å²) in [6.45, 7) is -2.81. The number of hydrogen-bond acceptors (Lipinski definition) is 4. The van der Waals surface area contributed by atoms with Crippen molar-refractivity contribution in [2.45, 2.75) is 57.7 Å². The number of amides is 2. The van der Waals surface area contributed by atoms with E-state index in [0.29, 0.717) is 51.4 Å². The number of nitrogens with one attached hydrogen (secondary N) is 1. The van der Waals surface area contributed by atoms with E-state index in [4.69, 9.17) is 18.4 Å². The molecule has 0 bridgehead atoms. The van der Waals surface area contributed by atoms with Crippen LogP contribution in [-0.4, -0.2) is 40.6 Å². The first kappa shape index (κ1) is 12.9. The predicted molar refractivity (Wildman–Crippen MR) is 127 cm³/mol. The minimum absolute atomic E-state index is 0.0886. The molecule has 3 aliphatic heterocycles. The van der Waals surface area contributed by atoms with E-state index in [1.165, 1.54) is 4.90 Å². The maximum Gasteiger partial charge on any atom is 0.255 e. The maximum atomic E-state index is 13.1. The van der Waals surface area contributed by atoms with Crippen LogP contribution in [0.15, 0.2) is 54.7 Å². The van der Waals surface area contributed by atoms with Gasteiger partial charge in [0, 0.05) is 37.1 Å². The van der Waals surface area contributed by atoms with Crippen LogP contribution in [-0.2, 0) is 24.5 Å². The third-order valence-electron chi connectivity index (χ3n) is 5.92. The molecule has 0 radical (unpaired) electrons. The summed E-state index contributed by atoms with van der Waals surface area (Å²) in [5.41, 5.74) is 2.78. The maximum absolute atomic E-state index is 13.1. The van der Waals surface area contributed by atoms with Crippen molar-refractivity contribution >= 4 is 11.8 Å². The fourth-order valence-electron chi connectivity index (χ4n) is 4.19. The zero-order valence-corrected chi connectivity index (χ0v) is 18.0.